The third kappa shape index (κ3) is 3.88. The molecule has 2 heteroatoms. The van der Waals surface area contributed by atoms with Crippen LogP contribution in [0.4, 0.5) is 0 Å². The van der Waals surface area contributed by atoms with E-state index in [1.165, 1.54) is 5.70 Å². The van der Waals surface area contributed by atoms with Gasteiger partial charge in [0, 0.05) is 40.1 Å². The molecule has 0 atom stereocenters. The summed E-state index contributed by atoms with van der Waals surface area (Å²) in [5.74, 6) is 0. The fourth-order valence-corrected chi connectivity index (χ4v) is 0.489. The maximum Gasteiger partial charge on any atom is 0.0257 e. The molecule has 0 unspecified atom stereocenters. The van der Waals surface area contributed by atoms with Crippen LogP contribution in [0.1, 0.15) is 6.92 Å². The first-order valence-electron chi connectivity index (χ1n) is 3.06. The average Bonchev–Trinajstić information content (AvgIpc) is 1.63. The predicted molar refractivity (Wildman–Crippen MR) is 41.1 cm³/mol. The van der Waals surface area contributed by atoms with Crippen molar-refractivity contribution in [1.82, 2.24) is 9.80 Å². The fraction of sp³-hybridized carbons (Fsp3) is 0.714. The molecule has 9 heavy (non-hydrogen) atoms. The third-order valence-electron chi connectivity index (χ3n) is 1.15. The van der Waals surface area contributed by atoms with Crippen LogP contribution in [-0.2, 0) is 0 Å². The maximum absolute atomic E-state index is 2.08. The second kappa shape index (κ2) is 3.38. The van der Waals surface area contributed by atoms with Gasteiger partial charge in [0.25, 0.3) is 0 Å². The third-order valence-corrected chi connectivity index (χ3v) is 1.15. The largest absolute Gasteiger partial charge is 0.382 e. The molecule has 0 aromatic carbocycles. The van der Waals surface area contributed by atoms with Gasteiger partial charge in [-0.15, -0.1) is 0 Å². The molecule has 0 radical (unpaired) electrons. The summed E-state index contributed by atoms with van der Waals surface area (Å²) in [7, 11) is 8.12. The second-order valence-corrected chi connectivity index (χ2v) is 2.63. The molecule has 0 saturated carbocycles. The predicted octanol–water partition coefficient (Wildman–Crippen LogP) is 0.971. The fourth-order valence-electron chi connectivity index (χ4n) is 0.489. The molecule has 0 spiro atoms. The Labute approximate surface area is 57.8 Å². The molecule has 0 aliphatic rings. The normalized spacial score (nSPS) is 11.4. The highest BCUT2D eigenvalue weighted by molar-refractivity contribution is 4.92. The number of hydrogen-bond acceptors (Lipinski definition) is 2. The van der Waals surface area contributed by atoms with Gasteiger partial charge in [0.2, 0.25) is 0 Å². The summed E-state index contributed by atoms with van der Waals surface area (Å²) in [6, 6.07) is 0. The highest BCUT2D eigenvalue weighted by Gasteiger charge is 1.88. The SMILES string of the molecule is C/C(=C\N(C)C)N(C)C. The summed E-state index contributed by atoms with van der Waals surface area (Å²) in [4.78, 5) is 4.12. The summed E-state index contributed by atoms with van der Waals surface area (Å²) < 4.78 is 0. The molecule has 0 heterocycles. The number of allylic oxidation sites excluding steroid dienone is 1. The first-order valence-corrected chi connectivity index (χ1v) is 3.06. The van der Waals surface area contributed by atoms with Crippen LogP contribution in [-0.4, -0.2) is 38.0 Å². The highest BCUT2D eigenvalue weighted by atomic mass is 15.1. The first kappa shape index (κ1) is 8.34. The summed E-state index contributed by atoms with van der Waals surface area (Å²) >= 11 is 0. The minimum atomic E-state index is 1.26. The van der Waals surface area contributed by atoms with Crippen LogP contribution in [0.25, 0.3) is 0 Å². The van der Waals surface area contributed by atoms with E-state index in [1.54, 1.807) is 0 Å². The Balaban J connectivity index is 3.84. The monoisotopic (exact) mass is 128 g/mol. The molecule has 0 aromatic heterocycles. The zero-order valence-electron chi connectivity index (χ0n) is 6.97. The van der Waals surface area contributed by atoms with Gasteiger partial charge in [0.05, 0.1) is 0 Å². The molecule has 0 amide bonds. The van der Waals surface area contributed by atoms with Crippen molar-refractivity contribution in [3.63, 3.8) is 0 Å². The molecule has 0 bridgehead atoms. The van der Waals surface area contributed by atoms with Gasteiger partial charge in [-0.25, -0.2) is 0 Å². The van der Waals surface area contributed by atoms with E-state index in [1.807, 2.05) is 33.1 Å². The molecule has 0 N–H and O–H groups in total. The zero-order chi connectivity index (χ0) is 7.44. The van der Waals surface area contributed by atoms with Crippen LogP contribution in [0.5, 0.6) is 0 Å². The van der Waals surface area contributed by atoms with Crippen LogP contribution in [0.2, 0.25) is 0 Å². The van der Waals surface area contributed by atoms with Crippen LogP contribution in [0, 0.1) is 0 Å². The summed E-state index contributed by atoms with van der Waals surface area (Å²) in [5.41, 5.74) is 1.26. The molecule has 0 rings (SSSR count). The van der Waals surface area contributed by atoms with Gasteiger partial charge in [0.1, 0.15) is 0 Å². The second-order valence-electron chi connectivity index (χ2n) is 2.63. The molecule has 0 fully saturated rings. The van der Waals surface area contributed by atoms with Gasteiger partial charge in [-0.3, -0.25) is 0 Å². The number of rotatable bonds is 2. The van der Waals surface area contributed by atoms with Crippen molar-refractivity contribution in [3.8, 4) is 0 Å². The Bertz CT molecular complexity index is 103. The van der Waals surface area contributed by atoms with E-state index >= 15 is 0 Å². The lowest BCUT2D eigenvalue weighted by Gasteiger charge is -2.15. The molecular formula is C7H16N2. The zero-order valence-corrected chi connectivity index (χ0v) is 6.97. The molecule has 54 valence electrons. The molecule has 0 aromatic rings. The van der Waals surface area contributed by atoms with Crippen molar-refractivity contribution in [2.75, 3.05) is 28.2 Å². The average molecular weight is 128 g/mol. The minimum absolute atomic E-state index is 1.26. The molecular weight excluding hydrogens is 112 g/mol. The van der Waals surface area contributed by atoms with Crippen molar-refractivity contribution < 1.29 is 0 Å². The van der Waals surface area contributed by atoms with E-state index in [0.29, 0.717) is 0 Å². The van der Waals surface area contributed by atoms with Crippen molar-refractivity contribution in [2.24, 2.45) is 0 Å². The lowest BCUT2D eigenvalue weighted by Crippen LogP contribution is -2.12. The van der Waals surface area contributed by atoms with Gasteiger partial charge in [-0.1, -0.05) is 0 Å². The topological polar surface area (TPSA) is 6.48 Å². The van der Waals surface area contributed by atoms with Crippen LogP contribution in [0.15, 0.2) is 11.9 Å². The van der Waals surface area contributed by atoms with Gasteiger partial charge < -0.3 is 9.80 Å². The lowest BCUT2D eigenvalue weighted by atomic mass is 10.5. The Kier molecular flexibility index (Phi) is 3.13. The number of hydrogen-bond donors (Lipinski definition) is 0. The van der Waals surface area contributed by atoms with E-state index in [0.717, 1.165) is 0 Å². The van der Waals surface area contributed by atoms with Crippen molar-refractivity contribution in [1.29, 1.82) is 0 Å². The summed E-state index contributed by atoms with van der Waals surface area (Å²) in [5, 5.41) is 0. The minimum Gasteiger partial charge on any atom is -0.382 e. The van der Waals surface area contributed by atoms with Gasteiger partial charge in [0.15, 0.2) is 0 Å². The standard InChI is InChI=1S/C7H16N2/c1-7(9(4)5)6-8(2)3/h6H,1-5H3/b7-6+. The first-order chi connectivity index (χ1) is 4.04. The Morgan fingerprint density at radius 3 is 1.67 bits per heavy atom. The van der Waals surface area contributed by atoms with E-state index in [2.05, 4.69) is 18.0 Å². The van der Waals surface area contributed by atoms with Gasteiger partial charge in [-0.2, -0.15) is 0 Å². The van der Waals surface area contributed by atoms with E-state index < -0.39 is 0 Å². The molecule has 0 saturated heterocycles. The maximum atomic E-state index is 2.08. The Morgan fingerprint density at radius 2 is 1.56 bits per heavy atom. The van der Waals surface area contributed by atoms with Crippen LogP contribution < -0.4 is 0 Å². The van der Waals surface area contributed by atoms with Crippen LogP contribution >= 0.6 is 0 Å². The van der Waals surface area contributed by atoms with Gasteiger partial charge in [-0.05, 0) is 6.92 Å². The quantitative estimate of drug-likeness (QED) is 0.547. The Morgan fingerprint density at radius 1 is 1.11 bits per heavy atom. The van der Waals surface area contributed by atoms with Crippen molar-refractivity contribution >= 4 is 0 Å². The molecule has 0 aliphatic heterocycles. The van der Waals surface area contributed by atoms with E-state index in [4.69, 9.17) is 0 Å². The summed E-state index contributed by atoms with van der Waals surface area (Å²) in [6.07, 6.45) is 2.08. The van der Waals surface area contributed by atoms with Crippen LogP contribution in [0.3, 0.4) is 0 Å². The lowest BCUT2D eigenvalue weighted by molar-refractivity contribution is 0.474. The van der Waals surface area contributed by atoms with Crippen molar-refractivity contribution in [2.45, 2.75) is 6.92 Å². The highest BCUT2D eigenvalue weighted by Crippen LogP contribution is 1.95. The molecule has 0 aliphatic carbocycles. The Hall–Kier alpha value is -0.660. The van der Waals surface area contributed by atoms with E-state index in [-0.39, 0.29) is 0 Å². The molecule has 2 nitrogen and oxygen atoms in total. The summed E-state index contributed by atoms with van der Waals surface area (Å²) in [6.45, 7) is 2.08. The number of nitrogens with zero attached hydrogens (tertiary/aromatic N) is 2. The van der Waals surface area contributed by atoms with E-state index in [9.17, 15) is 0 Å². The van der Waals surface area contributed by atoms with Gasteiger partial charge >= 0.3 is 0 Å². The smallest absolute Gasteiger partial charge is 0.0257 e. The van der Waals surface area contributed by atoms with Crippen molar-refractivity contribution in [3.05, 3.63) is 11.9 Å².